The van der Waals surface area contributed by atoms with E-state index < -0.39 is 0 Å². The number of aromatic nitrogens is 4. The predicted molar refractivity (Wildman–Crippen MR) is 490 cm³/mol. The molecule has 0 unspecified atom stereocenters. The van der Waals surface area contributed by atoms with E-state index in [9.17, 15) is 0 Å². The lowest BCUT2D eigenvalue weighted by atomic mass is 9.82. The molecule has 4 nitrogen and oxygen atoms in total. The smallest absolute Gasteiger partial charge is 0.0547 e. The van der Waals surface area contributed by atoms with Crippen LogP contribution >= 0.6 is 0 Å². The molecule has 2 aliphatic rings. The Morgan fingerprint density at radius 3 is 0.966 bits per heavy atom. The van der Waals surface area contributed by atoms with Crippen molar-refractivity contribution in [1.29, 1.82) is 0 Å². The fraction of sp³-hybridized carbons (Fsp3) is 0.0536. The van der Waals surface area contributed by atoms with Crippen LogP contribution in [0.3, 0.4) is 0 Å². The second kappa shape index (κ2) is 26.0. The van der Waals surface area contributed by atoms with E-state index in [4.69, 9.17) is 0 Å². The summed E-state index contributed by atoms with van der Waals surface area (Å²) in [6.45, 7) is 9.45. The number of fused-ring (bicyclic) bond motifs is 19. The number of hydrogen-bond acceptors (Lipinski definition) is 0. The highest BCUT2D eigenvalue weighted by molar-refractivity contribution is 6.15. The van der Waals surface area contributed by atoms with Gasteiger partial charge in [0.25, 0.3) is 0 Å². The molecule has 116 heavy (non-hydrogen) atoms. The highest BCUT2D eigenvalue weighted by Gasteiger charge is 2.37. The van der Waals surface area contributed by atoms with E-state index in [1.165, 1.54) is 210 Å². The summed E-state index contributed by atoms with van der Waals surface area (Å²) >= 11 is 0. The van der Waals surface area contributed by atoms with Gasteiger partial charge in [0.1, 0.15) is 0 Å². The predicted octanol–water partition coefficient (Wildman–Crippen LogP) is 29.9. The monoisotopic (exact) mass is 1480 g/mol. The number of nitrogens with zero attached hydrogens (tertiary/aromatic N) is 4. The maximum absolute atomic E-state index is 2.47. The van der Waals surface area contributed by atoms with E-state index in [0.717, 1.165) is 11.4 Å². The van der Waals surface area contributed by atoms with Crippen LogP contribution in [-0.2, 0) is 10.8 Å². The van der Waals surface area contributed by atoms with Crippen molar-refractivity contribution in [1.82, 2.24) is 18.3 Å². The molecule has 4 aromatic heterocycles. The van der Waals surface area contributed by atoms with Crippen molar-refractivity contribution in [2.24, 2.45) is 0 Å². The van der Waals surface area contributed by atoms with Crippen LogP contribution in [0.4, 0.5) is 0 Å². The molecule has 2 aliphatic carbocycles. The summed E-state index contributed by atoms with van der Waals surface area (Å²) in [5, 5.41) is 12.6. The molecule has 0 bridgehead atoms. The molecule has 0 fully saturated rings. The first-order chi connectivity index (χ1) is 57.0. The average Bonchev–Trinajstić information content (AvgIpc) is 1.57. The Labute approximate surface area is 673 Å². The van der Waals surface area contributed by atoms with Crippen molar-refractivity contribution in [3.8, 4) is 101 Å². The fourth-order valence-electron chi connectivity index (χ4n) is 20.0. The molecule has 546 valence electrons. The SMILES string of the molecule is CC1(C)c2ccccc2-c2ccc(-n3c4ccccc4c4ccc(-c5ccc6c(c5)c5ccccc5n6-c5cc(-c6ccccc6)cc(-c6ccccc6)c5)cc43)cc21.CC1(C)c2ccccc2-c2ccc(-n3c4ccccc4c4ccc(-c5ccc6c(c5)c5ccccc5n6-c5ccc(-c6cccc7ccccc67)cc5)cc43)cc21. The minimum Gasteiger partial charge on any atom is -0.309 e. The Hall–Kier alpha value is -14.6. The van der Waals surface area contributed by atoms with Crippen molar-refractivity contribution in [2.45, 2.75) is 38.5 Å². The second-order valence-corrected chi connectivity index (χ2v) is 32.7. The molecule has 4 heterocycles. The van der Waals surface area contributed by atoms with E-state index in [1.807, 2.05) is 0 Å². The van der Waals surface area contributed by atoms with Crippen LogP contribution in [0.2, 0.25) is 0 Å². The summed E-state index contributed by atoms with van der Waals surface area (Å²) in [6, 6.07) is 148. The van der Waals surface area contributed by atoms with Gasteiger partial charge in [0.15, 0.2) is 0 Å². The largest absolute Gasteiger partial charge is 0.309 e. The van der Waals surface area contributed by atoms with Crippen molar-refractivity contribution >= 4 is 98.0 Å². The van der Waals surface area contributed by atoms with Crippen LogP contribution < -0.4 is 0 Å². The van der Waals surface area contributed by atoms with E-state index in [2.05, 4.69) is 446 Å². The first-order valence-electron chi connectivity index (χ1n) is 40.5. The van der Waals surface area contributed by atoms with Crippen LogP contribution in [0.15, 0.2) is 400 Å². The zero-order valence-electron chi connectivity index (χ0n) is 64.9. The summed E-state index contributed by atoms with van der Waals surface area (Å²) in [5.41, 5.74) is 37.3. The Bertz CT molecular complexity index is 7740. The maximum Gasteiger partial charge on any atom is 0.0547 e. The Kier molecular flexibility index (Phi) is 15.0. The van der Waals surface area contributed by atoms with Gasteiger partial charge in [-0.05, 0) is 226 Å². The first kappa shape index (κ1) is 67.1. The highest BCUT2D eigenvalue weighted by atomic mass is 15.0. The minimum atomic E-state index is -0.0770. The summed E-state index contributed by atoms with van der Waals surface area (Å²) in [4.78, 5) is 0. The topological polar surface area (TPSA) is 19.7 Å². The van der Waals surface area contributed by atoms with Crippen LogP contribution in [0.5, 0.6) is 0 Å². The molecule has 24 rings (SSSR count). The highest BCUT2D eigenvalue weighted by Crippen LogP contribution is 2.52. The van der Waals surface area contributed by atoms with Gasteiger partial charge in [0.2, 0.25) is 0 Å². The van der Waals surface area contributed by atoms with Gasteiger partial charge < -0.3 is 18.3 Å². The zero-order chi connectivity index (χ0) is 77.1. The summed E-state index contributed by atoms with van der Waals surface area (Å²) < 4.78 is 9.81. The molecule has 0 amide bonds. The van der Waals surface area contributed by atoms with Gasteiger partial charge in [-0.3, -0.25) is 0 Å². The lowest BCUT2D eigenvalue weighted by Crippen LogP contribution is -2.15. The van der Waals surface area contributed by atoms with E-state index in [-0.39, 0.29) is 10.8 Å². The molecule has 4 heteroatoms. The van der Waals surface area contributed by atoms with E-state index in [0.29, 0.717) is 0 Å². The molecule has 0 saturated heterocycles. The molecular weight excluding hydrogens is 1400 g/mol. The number of para-hydroxylation sites is 4. The third-order valence-electron chi connectivity index (χ3n) is 25.6. The molecule has 0 spiro atoms. The molecule has 0 atom stereocenters. The Morgan fingerprint density at radius 2 is 0.483 bits per heavy atom. The lowest BCUT2D eigenvalue weighted by Gasteiger charge is -2.22. The van der Waals surface area contributed by atoms with Gasteiger partial charge in [-0.2, -0.15) is 0 Å². The van der Waals surface area contributed by atoms with E-state index in [1.54, 1.807) is 0 Å². The standard InChI is InChI=1S/C57H40N2.C55H38N2/c1-57(2)51-22-12-9-19-45(51)46-29-27-43(36-52(46)57)58-53-23-13-10-20-47(53)49-28-25-40(35-56(49)58)39-26-30-55-50(34-39)48-21-11-14-24-54(48)59(55)44-32-41(37-15-5-3-6-16-37)31-42(33-44)38-17-7-4-8-18-38;1-55(2)49-19-8-5-15-43(49)44-30-28-40(34-50(44)55)57-51-20-9-6-16-45(51)47-29-24-38(33-54(47)57)37-25-31-53-48(32-37)46-17-7-10-21-52(46)56(53)39-26-22-36(23-27-39)42-18-11-13-35-12-3-4-14-41(35)42/h3-36H,1-2H3;3-34H,1-2H3. The lowest BCUT2D eigenvalue weighted by molar-refractivity contribution is 0.660. The van der Waals surface area contributed by atoms with Gasteiger partial charge in [0, 0.05) is 76.7 Å². The fourth-order valence-corrected chi connectivity index (χ4v) is 20.0. The molecule has 0 radical (unpaired) electrons. The van der Waals surface area contributed by atoms with Gasteiger partial charge in [0.05, 0.1) is 44.1 Å². The Balaban J connectivity index is 0.000000137. The third kappa shape index (κ3) is 10.4. The zero-order valence-corrected chi connectivity index (χ0v) is 64.9. The van der Waals surface area contributed by atoms with Crippen molar-refractivity contribution in [3.05, 3.63) is 423 Å². The molecule has 18 aromatic carbocycles. The average molecular weight is 1480 g/mol. The van der Waals surface area contributed by atoms with Crippen LogP contribution in [0.1, 0.15) is 49.9 Å². The number of hydrogen-bond donors (Lipinski definition) is 0. The van der Waals surface area contributed by atoms with Gasteiger partial charge in [-0.25, -0.2) is 0 Å². The Morgan fingerprint density at radius 1 is 0.155 bits per heavy atom. The number of rotatable bonds is 9. The quantitative estimate of drug-likeness (QED) is 0.137. The van der Waals surface area contributed by atoms with Crippen LogP contribution in [-0.4, -0.2) is 18.3 Å². The van der Waals surface area contributed by atoms with Crippen molar-refractivity contribution in [2.75, 3.05) is 0 Å². The normalized spacial score (nSPS) is 13.1. The maximum atomic E-state index is 2.47. The number of benzene rings is 18. The molecule has 0 N–H and O–H groups in total. The molecule has 22 aromatic rings. The summed E-state index contributed by atoms with van der Waals surface area (Å²) in [7, 11) is 0. The summed E-state index contributed by atoms with van der Waals surface area (Å²) in [6.07, 6.45) is 0. The molecule has 0 saturated carbocycles. The van der Waals surface area contributed by atoms with E-state index >= 15 is 0 Å². The van der Waals surface area contributed by atoms with Gasteiger partial charge in [-0.15, -0.1) is 0 Å². The van der Waals surface area contributed by atoms with Crippen molar-refractivity contribution < 1.29 is 0 Å². The molecular formula is C112H78N4. The first-order valence-corrected chi connectivity index (χ1v) is 40.5. The van der Waals surface area contributed by atoms with Crippen molar-refractivity contribution in [3.63, 3.8) is 0 Å². The second-order valence-electron chi connectivity index (χ2n) is 32.7. The van der Waals surface area contributed by atoms with Crippen LogP contribution in [0, 0.1) is 0 Å². The van der Waals surface area contributed by atoms with Crippen LogP contribution in [0.25, 0.3) is 199 Å². The summed E-state index contributed by atoms with van der Waals surface area (Å²) in [5.74, 6) is 0. The third-order valence-corrected chi connectivity index (χ3v) is 25.6. The van der Waals surface area contributed by atoms with Gasteiger partial charge in [-0.1, -0.05) is 313 Å². The molecule has 0 aliphatic heterocycles. The minimum absolute atomic E-state index is 0.0702. The van der Waals surface area contributed by atoms with Gasteiger partial charge >= 0.3 is 0 Å².